The van der Waals surface area contributed by atoms with Crippen LogP contribution in [0.3, 0.4) is 0 Å². The van der Waals surface area contributed by atoms with Gasteiger partial charge in [-0.2, -0.15) is 5.10 Å². The summed E-state index contributed by atoms with van der Waals surface area (Å²) in [5.41, 5.74) is 0.0374. The maximum Gasteiger partial charge on any atom is 0.272 e. The molecule has 1 aromatic heterocycles. The van der Waals surface area contributed by atoms with Crippen LogP contribution < -0.4 is 5.32 Å². The van der Waals surface area contributed by atoms with Gasteiger partial charge in [-0.1, -0.05) is 0 Å². The van der Waals surface area contributed by atoms with Gasteiger partial charge in [-0.25, -0.2) is 4.39 Å². The summed E-state index contributed by atoms with van der Waals surface area (Å²) in [7, 11) is 0. The van der Waals surface area contributed by atoms with Gasteiger partial charge in [0.25, 0.3) is 11.6 Å². The number of nitrogens with one attached hydrogen (secondary N) is 2. The first-order valence-corrected chi connectivity index (χ1v) is 5.24. The predicted octanol–water partition coefficient (Wildman–Crippen LogP) is 2.02. The van der Waals surface area contributed by atoms with Crippen molar-refractivity contribution in [2.45, 2.75) is 6.92 Å². The van der Waals surface area contributed by atoms with E-state index >= 15 is 0 Å². The largest absolute Gasteiger partial charge is 0.305 e. The van der Waals surface area contributed by atoms with Crippen LogP contribution in [-0.2, 0) is 0 Å². The molecule has 1 heterocycles. The Morgan fingerprint density at radius 2 is 2.21 bits per heavy atom. The van der Waals surface area contributed by atoms with Crippen molar-refractivity contribution in [2.24, 2.45) is 0 Å². The summed E-state index contributed by atoms with van der Waals surface area (Å²) < 4.78 is 13.6. The Bertz CT molecular complexity index is 653. The van der Waals surface area contributed by atoms with Crippen LogP contribution in [0.15, 0.2) is 24.3 Å². The zero-order chi connectivity index (χ0) is 14.0. The number of rotatable bonds is 3. The van der Waals surface area contributed by atoms with Crippen LogP contribution in [0.25, 0.3) is 0 Å². The third-order valence-electron chi connectivity index (χ3n) is 2.36. The van der Waals surface area contributed by atoms with Crippen LogP contribution in [0, 0.1) is 22.9 Å². The Balaban J connectivity index is 2.22. The van der Waals surface area contributed by atoms with Gasteiger partial charge >= 0.3 is 0 Å². The van der Waals surface area contributed by atoms with Crippen LogP contribution in [0.2, 0.25) is 0 Å². The fourth-order valence-electron chi connectivity index (χ4n) is 1.47. The zero-order valence-electron chi connectivity index (χ0n) is 9.81. The highest BCUT2D eigenvalue weighted by Gasteiger charge is 2.16. The van der Waals surface area contributed by atoms with Gasteiger partial charge in [0.15, 0.2) is 5.82 Å². The van der Waals surface area contributed by atoms with Crippen molar-refractivity contribution in [2.75, 3.05) is 5.32 Å². The van der Waals surface area contributed by atoms with Crippen LogP contribution in [-0.4, -0.2) is 21.0 Å². The molecule has 2 N–H and O–H groups in total. The summed E-state index contributed by atoms with van der Waals surface area (Å²) in [6, 6.07) is 4.39. The summed E-state index contributed by atoms with van der Waals surface area (Å²) in [5.74, 6) is -1.43. The Hall–Kier alpha value is -2.77. The number of nitro benzene ring substituents is 1. The summed E-state index contributed by atoms with van der Waals surface area (Å²) in [4.78, 5) is 21.5. The molecule has 2 rings (SSSR count). The SMILES string of the molecule is Cc1cc(NC(=O)c2ccc([N+](=O)[O-])cc2F)n[nH]1. The fourth-order valence-corrected chi connectivity index (χ4v) is 1.47. The summed E-state index contributed by atoms with van der Waals surface area (Å²) in [5, 5.41) is 19.2. The van der Waals surface area contributed by atoms with Gasteiger partial charge in [0.05, 0.1) is 16.6 Å². The molecule has 0 saturated carbocycles. The topological polar surface area (TPSA) is 101 Å². The number of benzene rings is 1. The Morgan fingerprint density at radius 3 is 2.74 bits per heavy atom. The maximum atomic E-state index is 13.6. The lowest BCUT2D eigenvalue weighted by molar-refractivity contribution is -0.385. The van der Waals surface area contributed by atoms with E-state index in [1.165, 1.54) is 0 Å². The average molecular weight is 264 g/mol. The smallest absolute Gasteiger partial charge is 0.272 e. The maximum absolute atomic E-state index is 13.6. The molecule has 1 aromatic carbocycles. The molecule has 0 aliphatic carbocycles. The first-order chi connectivity index (χ1) is 8.97. The number of amides is 1. The lowest BCUT2D eigenvalue weighted by Gasteiger charge is -2.02. The Morgan fingerprint density at radius 1 is 1.47 bits per heavy atom. The number of hydrogen-bond donors (Lipinski definition) is 2. The molecule has 19 heavy (non-hydrogen) atoms. The molecular formula is C11H9FN4O3. The molecule has 0 spiro atoms. The highest BCUT2D eigenvalue weighted by molar-refractivity contribution is 6.04. The number of nitro groups is 1. The van der Waals surface area contributed by atoms with Gasteiger partial charge in [-0.3, -0.25) is 20.0 Å². The van der Waals surface area contributed by atoms with Gasteiger partial charge < -0.3 is 5.32 Å². The van der Waals surface area contributed by atoms with E-state index in [1.807, 2.05) is 0 Å². The minimum absolute atomic E-state index is 0.250. The number of hydrogen-bond acceptors (Lipinski definition) is 4. The van der Waals surface area contributed by atoms with Gasteiger partial charge in [-0.15, -0.1) is 0 Å². The molecule has 0 atom stereocenters. The number of nitrogens with zero attached hydrogens (tertiary/aromatic N) is 2. The highest BCUT2D eigenvalue weighted by Crippen LogP contribution is 2.17. The minimum Gasteiger partial charge on any atom is -0.305 e. The van der Waals surface area contributed by atoms with E-state index in [0.29, 0.717) is 6.07 Å². The Labute approximate surface area is 106 Å². The zero-order valence-corrected chi connectivity index (χ0v) is 9.81. The lowest BCUT2D eigenvalue weighted by Crippen LogP contribution is -2.14. The number of halogens is 1. The van der Waals surface area contributed by atoms with E-state index in [9.17, 15) is 19.3 Å². The third kappa shape index (κ3) is 2.73. The molecule has 7 nitrogen and oxygen atoms in total. The number of non-ortho nitro benzene ring substituents is 1. The van der Waals surface area contributed by atoms with Crippen molar-refractivity contribution in [3.63, 3.8) is 0 Å². The van der Waals surface area contributed by atoms with Crippen molar-refractivity contribution in [3.8, 4) is 0 Å². The minimum atomic E-state index is -0.959. The van der Waals surface area contributed by atoms with Crippen molar-refractivity contribution < 1.29 is 14.1 Å². The number of H-pyrrole nitrogens is 1. The monoisotopic (exact) mass is 264 g/mol. The number of aryl methyl sites for hydroxylation is 1. The summed E-state index contributed by atoms with van der Waals surface area (Å²) >= 11 is 0. The van der Waals surface area contributed by atoms with E-state index in [-0.39, 0.29) is 11.4 Å². The van der Waals surface area contributed by atoms with Gasteiger partial charge in [0.2, 0.25) is 0 Å². The van der Waals surface area contributed by atoms with Crippen LogP contribution >= 0.6 is 0 Å². The number of anilines is 1. The number of aromatic nitrogens is 2. The molecule has 0 saturated heterocycles. The fraction of sp³-hybridized carbons (Fsp3) is 0.0909. The number of carbonyl (C=O) groups excluding carboxylic acids is 1. The molecule has 0 aliphatic rings. The quantitative estimate of drug-likeness (QED) is 0.654. The molecule has 0 unspecified atom stereocenters. The van der Waals surface area contributed by atoms with E-state index in [1.54, 1.807) is 13.0 Å². The molecule has 98 valence electrons. The van der Waals surface area contributed by atoms with Crippen molar-refractivity contribution in [1.82, 2.24) is 10.2 Å². The number of aromatic amines is 1. The first kappa shape index (κ1) is 12.7. The molecule has 0 bridgehead atoms. The molecule has 8 heteroatoms. The molecule has 2 aromatic rings. The lowest BCUT2D eigenvalue weighted by atomic mass is 10.2. The number of carbonyl (C=O) groups is 1. The summed E-state index contributed by atoms with van der Waals surface area (Å²) in [6.45, 7) is 1.75. The van der Waals surface area contributed by atoms with E-state index in [2.05, 4.69) is 15.5 Å². The van der Waals surface area contributed by atoms with Crippen LogP contribution in [0.4, 0.5) is 15.9 Å². The van der Waals surface area contributed by atoms with E-state index in [0.717, 1.165) is 17.8 Å². The second-order valence-corrected chi connectivity index (χ2v) is 3.81. The second kappa shape index (κ2) is 4.84. The second-order valence-electron chi connectivity index (χ2n) is 3.81. The molecular weight excluding hydrogens is 255 g/mol. The molecule has 0 fully saturated rings. The van der Waals surface area contributed by atoms with Crippen molar-refractivity contribution in [1.29, 1.82) is 0 Å². The first-order valence-electron chi connectivity index (χ1n) is 5.24. The Kier molecular flexibility index (Phi) is 3.23. The molecule has 0 radical (unpaired) electrons. The van der Waals surface area contributed by atoms with Gasteiger partial charge in [0.1, 0.15) is 5.82 Å². The molecule has 0 aliphatic heterocycles. The highest BCUT2D eigenvalue weighted by atomic mass is 19.1. The van der Waals surface area contributed by atoms with Crippen LogP contribution in [0.5, 0.6) is 0 Å². The van der Waals surface area contributed by atoms with E-state index in [4.69, 9.17) is 0 Å². The molecule has 1 amide bonds. The van der Waals surface area contributed by atoms with Gasteiger partial charge in [-0.05, 0) is 13.0 Å². The summed E-state index contributed by atoms with van der Waals surface area (Å²) in [6.07, 6.45) is 0. The van der Waals surface area contributed by atoms with E-state index < -0.39 is 22.3 Å². The predicted molar refractivity (Wildman–Crippen MR) is 64.3 cm³/mol. The average Bonchev–Trinajstić information content (AvgIpc) is 2.74. The van der Waals surface area contributed by atoms with Crippen molar-refractivity contribution in [3.05, 3.63) is 51.5 Å². The van der Waals surface area contributed by atoms with Gasteiger partial charge in [0, 0.05) is 17.8 Å². The standard InChI is InChI=1S/C11H9FN4O3/c1-6-4-10(15-14-6)13-11(17)8-3-2-7(16(18)19)5-9(8)12/h2-5H,1H3,(H2,13,14,15,17). The normalized spacial score (nSPS) is 10.2. The van der Waals surface area contributed by atoms with Crippen LogP contribution in [0.1, 0.15) is 16.1 Å². The third-order valence-corrected chi connectivity index (χ3v) is 2.36. The van der Waals surface area contributed by atoms with Crippen molar-refractivity contribution >= 4 is 17.4 Å².